The summed E-state index contributed by atoms with van der Waals surface area (Å²) >= 11 is 1.35. The molecule has 0 aliphatic rings. The van der Waals surface area contributed by atoms with Crippen LogP contribution in [0.1, 0.15) is 27.9 Å². The second-order valence-corrected chi connectivity index (χ2v) is 6.71. The van der Waals surface area contributed by atoms with Gasteiger partial charge in [-0.2, -0.15) is 0 Å². The predicted molar refractivity (Wildman–Crippen MR) is 130 cm³/mol. The number of guanidine groups is 1. The van der Waals surface area contributed by atoms with E-state index in [9.17, 15) is 4.79 Å². The zero-order valence-corrected chi connectivity index (χ0v) is 19.9. The highest BCUT2D eigenvalue weighted by Gasteiger charge is 2.10. The summed E-state index contributed by atoms with van der Waals surface area (Å²) < 4.78 is 5.67. The maximum atomic E-state index is 12.1. The number of thiazole rings is 1. The topological polar surface area (TPSA) is 87.6 Å². The van der Waals surface area contributed by atoms with Crippen LogP contribution < -0.4 is 20.7 Å². The van der Waals surface area contributed by atoms with E-state index in [-0.39, 0.29) is 29.9 Å². The summed E-state index contributed by atoms with van der Waals surface area (Å²) in [6.45, 7) is 10.2. The molecule has 9 heteroatoms. The Labute approximate surface area is 193 Å². The molecule has 3 N–H and O–H groups in total. The van der Waals surface area contributed by atoms with E-state index in [0.717, 1.165) is 23.6 Å². The number of halogens is 1. The average molecular weight is 529 g/mol. The van der Waals surface area contributed by atoms with Crippen LogP contribution >= 0.6 is 35.3 Å². The Hall–Kier alpha value is -2.14. The molecule has 1 amide bonds. The van der Waals surface area contributed by atoms with Crippen molar-refractivity contribution in [3.05, 3.63) is 58.6 Å². The van der Waals surface area contributed by atoms with E-state index in [1.165, 1.54) is 11.3 Å². The minimum absolute atomic E-state index is 0. The van der Waals surface area contributed by atoms with Crippen LogP contribution in [0.4, 0.5) is 0 Å². The van der Waals surface area contributed by atoms with Crippen LogP contribution in [0.15, 0.2) is 47.4 Å². The van der Waals surface area contributed by atoms with E-state index < -0.39 is 0 Å². The van der Waals surface area contributed by atoms with Gasteiger partial charge in [0.05, 0.1) is 17.7 Å². The molecule has 1 aromatic carbocycles. The van der Waals surface area contributed by atoms with Gasteiger partial charge in [0.2, 0.25) is 0 Å². The summed E-state index contributed by atoms with van der Waals surface area (Å²) in [5.41, 5.74) is 3.42. The maximum Gasteiger partial charge on any atom is 0.263 e. The van der Waals surface area contributed by atoms with Crippen LogP contribution in [0.2, 0.25) is 0 Å². The smallest absolute Gasteiger partial charge is 0.263 e. The van der Waals surface area contributed by atoms with Gasteiger partial charge in [-0.1, -0.05) is 30.9 Å². The lowest BCUT2D eigenvalue weighted by molar-refractivity contribution is 0.0957. The summed E-state index contributed by atoms with van der Waals surface area (Å²) in [4.78, 5) is 21.4. The van der Waals surface area contributed by atoms with Crippen molar-refractivity contribution in [3.63, 3.8) is 0 Å². The number of nitrogens with one attached hydrogen (secondary N) is 3. The lowest BCUT2D eigenvalue weighted by Crippen LogP contribution is -2.41. The fourth-order valence-corrected chi connectivity index (χ4v) is 3.11. The molecule has 158 valence electrons. The lowest BCUT2D eigenvalue weighted by Gasteiger charge is -2.13. The molecule has 0 saturated heterocycles. The van der Waals surface area contributed by atoms with Crippen LogP contribution in [0.25, 0.3) is 0 Å². The van der Waals surface area contributed by atoms with Crippen molar-refractivity contribution in [3.8, 4) is 5.75 Å². The molecule has 7 nitrogen and oxygen atoms in total. The lowest BCUT2D eigenvalue weighted by atomic mass is 10.2. The zero-order valence-electron chi connectivity index (χ0n) is 16.7. The third-order valence-corrected chi connectivity index (χ3v) is 4.66. The third-order valence-electron chi connectivity index (χ3n) is 3.74. The minimum Gasteiger partial charge on any atom is -0.489 e. The molecule has 0 bridgehead atoms. The van der Waals surface area contributed by atoms with Crippen molar-refractivity contribution < 1.29 is 9.53 Å². The molecular formula is C20H28IN5O2S. The number of aryl methyl sites for hydroxylation is 1. The molecule has 0 aliphatic heterocycles. The number of aromatic nitrogens is 1. The number of para-hydroxylation sites is 1. The molecule has 1 heterocycles. The van der Waals surface area contributed by atoms with Crippen LogP contribution in [0.5, 0.6) is 5.75 Å². The van der Waals surface area contributed by atoms with Gasteiger partial charge in [-0.15, -0.1) is 35.3 Å². The van der Waals surface area contributed by atoms with Crippen molar-refractivity contribution in [2.24, 2.45) is 4.99 Å². The number of hydrogen-bond acceptors (Lipinski definition) is 5. The van der Waals surface area contributed by atoms with Crippen molar-refractivity contribution in [2.75, 3.05) is 26.2 Å². The summed E-state index contributed by atoms with van der Waals surface area (Å²) in [6.07, 6.45) is 1.72. The largest absolute Gasteiger partial charge is 0.489 e. The number of rotatable bonds is 10. The van der Waals surface area contributed by atoms with E-state index in [1.807, 2.05) is 38.1 Å². The first-order valence-corrected chi connectivity index (χ1v) is 10.1. The number of carbonyl (C=O) groups excluding carboxylic acids is 1. The Morgan fingerprint density at radius 1 is 1.28 bits per heavy atom. The van der Waals surface area contributed by atoms with Gasteiger partial charge in [0.1, 0.15) is 17.2 Å². The molecule has 29 heavy (non-hydrogen) atoms. The van der Waals surface area contributed by atoms with Crippen molar-refractivity contribution >= 4 is 47.2 Å². The molecule has 1 aromatic heterocycles. The predicted octanol–water partition coefficient (Wildman–Crippen LogP) is 3.12. The van der Waals surface area contributed by atoms with E-state index in [1.54, 1.807) is 11.6 Å². The third kappa shape index (κ3) is 8.40. The molecule has 0 aliphatic carbocycles. The molecule has 0 radical (unpaired) electrons. The first-order chi connectivity index (χ1) is 13.7. The maximum absolute atomic E-state index is 12.1. The van der Waals surface area contributed by atoms with Crippen LogP contribution in [-0.4, -0.2) is 43.1 Å². The molecule has 0 fully saturated rings. The highest BCUT2D eigenvalue weighted by atomic mass is 127. The fraction of sp³-hybridized carbons (Fsp3) is 0.350. The van der Waals surface area contributed by atoms with Gasteiger partial charge in [0.25, 0.3) is 5.91 Å². The molecule has 0 spiro atoms. The Balaban J connectivity index is 0.00000420. The van der Waals surface area contributed by atoms with Gasteiger partial charge in [0, 0.05) is 25.2 Å². The highest BCUT2D eigenvalue weighted by Crippen LogP contribution is 2.18. The second kappa shape index (κ2) is 13.9. The number of benzene rings is 1. The van der Waals surface area contributed by atoms with E-state index in [0.29, 0.717) is 37.1 Å². The SMILES string of the molecule is C=CCOc1ccccc1CN=C(NCC)NCCNC(=O)c1scnc1C.I. The highest BCUT2D eigenvalue weighted by molar-refractivity contribution is 14.0. The van der Waals surface area contributed by atoms with Crippen LogP contribution in [0.3, 0.4) is 0 Å². The first kappa shape index (κ1) is 24.9. The molecule has 0 unspecified atom stereocenters. The average Bonchev–Trinajstić information content (AvgIpc) is 3.14. The zero-order chi connectivity index (χ0) is 20.2. The van der Waals surface area contributed by atoms with Gasteiger partial charge in [-0.3, -0.25) is 4.79 Å². The van der Waals surface area contributed by atoms with Gasteiger partial charge >= 0.3 is 0 Å². The van der Waals surface area contributed by atoms with Gasteiger partial charge in [0.15, 0.2) is 5.96 Å². The second-order valence-electron chi connectivity index (χ2n) is 5.85. The molecule has 0 saturated carbocycles. The fourth-order valence-electron chi connectivity index (χ4n) is 2.39. The Bertz CT molecular complexity index is 810. The van der Waals surface area contributed by atoms with Gasteiger partial charge in [-0.05, 0) is 19.9 Å². The number of aliphatic imine (C=N–C) groups is 1. The first-order valence-electron chi connectivity index (χ1n) is 9.17. The molecule has 2 aromatic rings. The van der Waals surface area contributed by atoms with Crippen molar-refractivity contribution in [2.45, 2.75) is 20.4 Å². The number of ether oxygens (including phenoxy) is 1. The quantitative estimate of drug-likeness (QED) is 0.145. The van der Waals surface area contributed by atoms with E-state index in [4.69, 9.17) is 4.74 Å². The molecular weight excluding hydrogens is 501 g/mol. The van der Waals surface area contributed by atoms with Gasteiger partial charge in [-0.25, -0.2) is 9.98 Å². The summed E-state index contributed by atoms with van der Waals surface area (Å²) in [7, 11) is 0. The normalized spacial score (nSPS) is 10.6. The molecule has 0 atom stereocenters. The standard InChI is InChI=1S/C20H27N5O2S.HI/c1-4-12-27-17-9-7-6-8-16(17)13-24-20(21-5-2)23-11-10-22-19(26)18-15(3)25-14-28-18;/h4,6-9,14H,1,5,10-13H2,2-3H3,(H,22,26)(H2,21,23,24);1H. The van der Waals surface area contributed by atoms with Crippen molar-refractivity contribution in [1.29, 1.82) is 0 Å². The number of carbonyl (C=O) groups is 1. The monoisotopic (exact) mass is 529 g/mol. The van der Waals surface area contributed by atoms with E-state index in [2.05, 4.69) is 32.5 Å². The summed E-state index contributed by atoms with van der Waals surface area (Å²) in [6, 6.07) is 7.81. The summed E-state index contributed by atoms with van der Waals surface area (Å²) in [5, 5.41) is 9.31. The van der Waals surface area contributed by atoms with E-state index >= 15 is 0 Å². The Kier molecular flexibility index (Phi) is 12.0. The molecule has 2 rings (SSSR count). The summed E-state index contributed by atoms with van der Waals surface area (Å²) in [5.74, 6) is 1.38. The minimum atomic E-state index is -0.1000. The Morgan fingerprint density at radius 2 is 2.03 bits per heavy atom. The van der Waals surface area contributed by atoms with Crippen molar-refractivity contribution in [1.82, 2.24) is 20.9 Å². The van der Waals surface area contributed by atoms with Gasteiger partial charge < -0.3 is 20.7 Å². The number of hydrogen-bond donors (Lipinski definition) is 3. The van der Waals surface area contributed by atoms with Crippen LogP contribution in [-0.2, 0) is 6.54 Å². The Morgan fingerprint density at radius 3 is 2.72 bits per heavy atom. The van der Waals surface area contributed by atoms with Crippen LogP contribution in [0, 0.1) is 6.92 Å². The number of nitrogens with zero attached hydrogens (tertiary/aromatic N) is 2. The number of amides is 1.